The molecule has 0 radical (unpaired) electrons. The molecule has 3 heteroatoms. The Morgan fingerprint density at radius 2 is 2.19 bits per heavy atom. The summed E-state index contributed by atoms with van der Waals surface area (Å²) in [6.07, 6.45) is 11.9. The Bertz CT molecular complexity index is 251. The molecule has 1 rings (SSSR count). The highest BCUT2D eigenvalue weighted by Gasteiger charge is 2.23. The van der Waals surface area contributed by atoms with E-state index in [1.54, 1.807) is 0 Å². The molecule has 16 heavy (non-hydrogen) atoms. The highest BCUT2D eigenvalue weighted by atomic mass is 16.5. The van der Waals surface area contributed by atoms with E-state index in [9.17, 15) is 4.79 Å². The monoisotopic (exact) mass is 223 g/mol. The van der Waals surface area contributed by atoms with Gasteiger partial charge < -0.3 is 4.74 Å². The molecule has 0 saturated heterocycles. The lowest BCUT2D eigenvalue weighted by molar-refractivity contribution is -0.142. The summed E-state index contributed by atoms with van der Waals surface area (Å²) in [5.41, 5.74) is 0. The number of nitrogens with zero attached hydrogens (tertiary/aromatic N) is 1. The zero-order valence-corrected chi connectivity index (χ0v) is 10.1. The van der Waals surface area contributed by atoms with Crippen LogP contribution in [-0.4, -0.2) is 37.1 Å². The molecule has 0 aliphatic heterocycles. The normalized spacial score (nSPS) is 16.3. The Morgan fingerprint density at radius 3 is 2.75 bits per heavy atom. The molecule has 0 heterocycles. The Balaban J connectivity index is 2.40. The summed E-state index contributed by atoms with van der Waals surface area (Å²) in [7, 11) is 1.44. The third kappa shape index (κ3) is 4.24. The van der Waals surface area contributed by atoms with Crippen molar-refractivity contribution in [1.29, 1.82) is 0 Å². The fraction of sp³-hybridized carbons (Fsp3) is 0.769. The Kier molecular flexibility index (Phi) is 5.95. The van der Waals surface area contributed by atoms with Gasteiger partial charge in [0.05, 0.1) is 13.7 Å². The maximum atomic E-state index is 11.3. The molecular weight excluding hydrogens is 202 g/mol. The largest absolute Gasteiger partial charge is 0.468 e. The quantitative estimate of drug-likeness (QED) is 0.391. The smallest absolute Gasteiger partial charge is 0.319 e. The zero-order valence-electron chi connectivity index (χ0n) is 10.1. The lowest BCUT2D eigenvalue weighted by atomic mass is 10.2. The Morgan fingerprint density at radius 1 is 1.50 bits per heavy atom. The van der Waals surface area contributed by atoms with Gasteiger partial charge in [-0.05, 0) is 25.8 Å². The summed E-state index contributed by atoms with van der Waals surface area (Å²) in [4.78, 5) is 13.5. The third-order valence-electron chi connectivity index (χ3n) is 3.17. The van der Waals surface area contributed by atoms with E-state index in [2.05, 4.69) is 10.8 Å². The van der Waals surface area contributed by atoms with E-state index >= 15 is 0 Å². The number of terminal acetylenes is 1. The van der Waals surface area contributed by atoms with E-state index in [0.717, 1.165) is 19.4 Å². The van der Waals surface area contributed by atoms with Crippen molar-refractivity contribution in [2.75, 3.05) is 20.2 Å². The van der Waals surface area contributed by atoms with Crippen LogP contribution in [0.25, 0.3) is 0 Å². The highest BCUT2D eigenvalue weighted by molar-refractivity contribution is 5.71. The molecule has 0 N–H and O–H groups in total. The summed E-state index contributed by atoms with van der Waals surface area (Å²) in [6.45, 7) is 1.32. The SMILES string of the molecule is C#CCCCN(CC(=O)OC)C1CCCC1. The number of ether oxygens (including phenoxy) is 1. The number of carbonyl (C=O) groups is 1. The van der Waals surface area contributed by atoms with Gasteiger partial charge in [-0.15, -0.1) is 12.3 Å². The van der Waals surface area contributed by atoms with E-state index in [0.29, 0.717) is 12.6 Å². The van der Waals surface area contributed by atoms with Gasteiger partial charge in [0.1, 0.15) is 0 Å². The molecule has 0 amide bonds. The van der Waals surface area contributed by atoms with Crippen molar-refractivity contribution in [2.45, 2.75) is 44.6 Å². The first-order valence-corrected chi connectivity index (χ1v) is 6.02. The lowest BCUT2D eigenvalue weighted by Gasteiger charge is -2.27. The topological polar surface area (TPSA) is 29.5 Å². The van der Waals surface area contributed by atoms with E-state index in [1.165, 1.54) is 32.8 Å². The van der Waals surface area contributed by atoms with Crippen molar-refractivity contribution < 1.29 is 9.53 Å². The number of methoxy groups -OCH3 is 1. The van der Waals surface area contributed by atoms with E-state index in [1.807, 2.05) is 0 Å². The van der Waals surface area contributed by atoms with Crippen LogP contribution in [0.2, 0.25) is 0 Å². The van der Waals surface area contributed by atoms with Gasteiger partial charge in [-0.3, -0.25) is 9.69 Å². The van der Waals surface area contributed by atoms with Crippen LogP contribution in [0.4, 0.5) is 0 Å². The summed E-state index contributed by atoms with van der Waals surface area (Å²) < 4.78 is 4.73. The second-order valence-corrected chi connectivity index (χ2v) is 4.29. The first-order valence-electron chi connectivity index (χ1n) is 6.02. The fourth-order valence-electron chi connectivity index (χ4n) is 2.27. The molecule has 0 unspecified atom stereocenters. The number of rotatable bonds is 6. The molecule has 1 aliphatic carbocycles. The Hall–Kier alpha value is -1.01. The fourth-order valence-corrected chi connectivity index (χ4v) is 2.27. The zero-order chi connectivity index (χ0) is 11.8. The molecule has 0 aromatic heterocycles. The first kappa shape index (κ1) is 13.1. The van der Waals surface area contributed by atoms with Gasteiger partial charge in [-0.1, -0.05) is 12.8 Å². The molecule has 0 spiro atoms. The molecule has 0 aromatic carbocycles. The lowest BCUT2D eigenvalue weighted by Crippen LogP contribution is -2.38. The maximum absolute atomic E-state index is 11.3. The van der Waals surface area contributed by atoms with Crippen LogP contribution < -0.4 is 0 Å². The van der Waals surface area contributed by atoms with E-state index in [4.69, 9.17) is 11.2 Å². The van der Waals surface area contributed by atoms with Gasteiger partial charge in [0.25, 0.3) is 0 Å². The van der Waals surface area contributed by atoms with Crippen LogP contribution in [0.15, 0.2) is 0 Å². The first-order chi connectivity index (χ1) is 7.77. The third-order valence-corrected chi connectivity index (χ3v) is 3.17. The molecule has 1 aliphatic rings. The highest BCUT2D eigenvalue weighted by Crippen LogP contribution is 2.23. The second kappa shape index (κ2) is 7.29. The van der Waals surface area contributed by atoms with Crippen molar-refractivity contribution in [3.8, 4) is 12.3 Å². The summed E-state index contributed by atoms with van der Waals surface area (Å²) in [5, 5.41) is 0. The van der Waals surface area contributed by atoms with Crippen LogP contribution in [0, 0.1) is 12.3 Å². The van der Waals surface area contributed by atoms with Crippen LogP contribution in [-0.2, 0) is 9.53 Å². The minimum Gasteiger partial charge on any atom is -0.468 e. The van der Waals surface area contributed by atoms with Gasteiger partial charge in [-0.25, -0.2) is 0 Å². The molecule has 1 fully saturated rings. The second-order valence-electron chi connectivity index (χ2n) is 4.29. The van der Waals surface area contributed by atoms with Gasteiger partial charge in [-0.2, -0.15) is 0 Å². The number of carbonyl (C=O) groups excluding carboxylic acids is 1. The van der Waals surface area contributed by atoms with Crippen molar-refractivity contribution in [3.05, 3.63) is 0 Å². The van der Waals surface area contributed by atoms with Crippen molar-refractivity contribution >= 4 is 5.97 Å². The molecule has 0 aromatic rings. The number of unbranched alkanes of at least 4 members (excludes halogenated alkanes) is 1. The summed E-state index contributed by atoms with van der Waals surface area (Å²) in [5.74, 6) is 2.49. The average Bonchev–Trinajstić information content (AvgIpc) is 2.81. The van der Waals surface area contributed by atoms with Crippen LogP contribution >= 0.6 is 0 Å². The summed E-state index contributed by atoms with van der Waals surface area (Å²) in [6, 6.07) is 0.553. The molecule has 90 valence electrons. The molecule has 0 bridgehead atoms. The minimum atomic E-state index is -0.146. The minimum absolute atomic E-state index is 0.146. The van der Waals surface area contributed by atoms with Crippen LogP contribution in [0.1, 0.15) is 38.5 Å². The number of hydrogen-bond acceptors (Lipinski definition) is 3. The molecular formula is C13H21NO2. The standard InChI is InChI=1S/C13H21NO2/c1-3-4-7-10-14(11-13(15)16-2)12-8-5-6-9-12/h1,12H,4-11H2,2H3. The number of esters is 1. The average molecular weight is 223 g/mol. The van der Waals surface area contributed by atoms with Crippen molar-refractivity contribution in [1.82, 2.24) is 4.90 Å². The molecule has 0 atom stereocenters. The summed E-state index contributed by atoms with van der Waals surface area (Å²) >= 11 is 0. The van der Waals surface area contributed by atoms with E-state index in [-0.39, 0.29) is 5.97 Å². The van der Waals surface area contributed by atoms with Gasteiger partial charge in [0, 0.05) is 12.5 Å². The number of hydrogen-bond donors (Lipinski definition) is 0. The van der Waals surface area contributed by atoms with Crippen molar-refractivity contribution in [3.63, 3.8) is 0 Å². The van der Waals surface area contributed by atoms with Crippen molar-refractivity contribution in [2.24, 2.45) is 0 Å². The predicted octanol–water partition coefficient (Wildman–Crippen LogP) is 1.82. The maximum Gasteiger partial charge on any atom is 0.319 e. The van der Waals surface area contributed by atoms with Crippen LogP contribution in [0.5, 0.6) is 0 Å². The van der Waals surface area contributed by atoms with Gasteiger partial charge in [0.2, 0.25) is 0 Å². The van der Waals surface area contributed by atoms with E-state index < -0.39 is 0 Å². The Labute approximate surface area is 98.1 Å². The predicted molar refractivity (Wildman–Crippen MR) is 63.9 cm³/mol. The van der Waals surface area contributed by atoms with Gasteiger partial charge >= 0.3 is 5.97 Å². The van der Waals surface area contributed by atoms with Crippen LogP contribution in [0.3, 0.4) is 0 Å². The molecule has 1 saturated carbocycles. The molecule has 3 nitrogen and oxygen atoms in total. The van der Waals surface area contributed by atoms with Gasteiger partial charge in [0.15, 0.2) is 0 Å².